The molecule has 0 spiro atoms. The molecule has 0 radical (unpaired) electrons. The Kier molecular flexibility index (Phi) is 2.85. The van der Waals surface area contributed by atoms with Crippen LogP contribution in [0.3, 0.4) is 0 Å². The zero-order valence-electron chi connectivity index (χ0n) is 7.51. The van der Waals surface area contributed by atoms with E-state index in [0.29, 0.717) is 13.2 Å². The zero-order valence-corrected chi connectivity index (χ0v) is 8.33. The number of hydrogen-bond acceptors (Lipinski definition) is 5. The molecule has 0 atom stereocenters. The van der Waals surface area contributed by atoms with Crippen molar-refractivity contribution in [3.8, 4) is 0 Å². The van der Waals surface area contributed by atoms with Gasteiger partial charge < -0.3 is 4.74 Å². The molecule has 0 bridgehead atoms. The third-order valence-corrected chi connectivity index (χ3v) is 3.06. The minimum Gasteiger partial charge on any atom is -0.379 e. The highest BCUT2D eigenvalue weighted by Crippen LogP contribution is 2.21. The summed E-state index contributed by atoms with van der Waals surface area (Å²) in [5.41, 5.74) is 0. The average Bonchev–Trinajstić information content (AvgIpc) is 2.51. The molecule has 0 N–H and O–H groups in total. The lowest BCUT2D eigenvalue weighted by Crippen LogP contribution is -2.36. The summed E-state index contributed by atoms with van der Waals surface area (Å²) < 4.78 is 8.27. The number of carbonyl (C=O) groups excluding carboxylic acids is 2. The van der Waals surface area contributed by atoms with Crippen LogP contribution in [-0.4, -0.2) is 46.7 Å². The highest BCUT2D eigenvalue weighted by Gasteiger charge is 2.27. The Balaban J connectivity index is 1.90. The van der Waals surface area contributed by atoms with Gasteiger partial charge in [0.15, 0.2) is 0 Å². The molecule has 2 heterocycles. The molecule has 76 valence electrons. The maximum absolute atomic E-state index is 11.2. The van der Waals surface area contributed by atoms with Crippen LogP contribution in [0.15, 0.2) is 12.2 Å². The van der Waals surface area contributed by atoms with Gasteiger partial charge >= 0.3 is 0 Å². The Bertz CT molecular complexity index is 268. The Labute approximate surface area is 85.9 Å². The summed E-state index contributed by atoms with van der Waals surface area (Å²) in [6.07, 6.45) is 2.57. The largest absolute Gasteiger partial charge is 0.379 e. The van der Waals surface area contributed by atoms with E-state index < -0.39 is 0 Å². The van der Waals surface area contributed by atoms with E-state index in [1.54, 1.807) is 0 Å². The minimum absolute atomic E-state index is 0.258. The second kappa shape index (κ2) is 4.12. The van der Waals surface area contributed by atoms with Crippen molar-refractivity contribution in [3.05, 3.63) is 12.2 Å². The third-order valence-electron chi connectivity index (χ3n) is 1.94. The molecule has 2 aliphatic heterocycles. The molecule has 0 aliphatic carbocycles. The summed E-state index contributed by atoms with van der Waals surface area (Å²) in [7, 11) is 0. The maximum atomic E-state index is 11.2. The number of carbonyl (C=O) groups is 2. The summed E-state index contributed by atoms with van der Waals surface area (Å²) in [6, 6.07) is 0. The molecule has 14 heavy (non-hydrogen) atoms. The molecule has 0 unspecified atom stereocenters. The van der Waals surface area contributed by atoms with Crippen molar-refractivity contribution < 1.29 is 14.3 Å². The van der Waals surface area contributed by atoms with Crippen molar-refractivity contribution in [1.29, 1.82) is 0 Å². The van der Waals surface area contributed by atoms with E-state index in [1.807, 2.05) is 4.31 Å². The van der Waals surface area contributed by atoms with E-state index in [2.05, 4.69) is 0 Å². The number of imide groups is 1. The summed E-state index contributed by atoms with van der Waals surface area (Å²) in [4.78, 5) is 22.4. The first-order valence-corrected chi connectivity index (χ1v) is 5.07. The van der Waals surface area contributed by atoms with Crippen LogP contribution >= 0.6 is 12.1 Å². The van der Waals surface area contributed by atoms with E-state index in [1.165, 1.54) is 24.3 Å². The average molecular weight is 214 g/mol. The van der Waals surface area contributed by atoms with Crippen LogP contribution < -0.4 is 0 Å². The van der Waals surface area contributed by atoms with E-state index in [0.717, 1.165) is 17.4 Å². The van der Waals surface area contributed by atoms with Gasteiger partial charge in [0.25, 0.3) is 11.8 Å². The SMILES string of the molecule is O=C1C=CC(=O)N1SN1CCOCC1. The minimum atomic E-state index is -0.258. The van der Waals surface area contributed by atoms with Crippen LogP contribution in [0.1, 0.15) is 0 Å². The van der Waals surface area contributed by atoms with E-state index in [-0.39, 0.29) is 11.8 Å². The van der Waals surface area contributed by atoms with Crippen LogP contribution in [-0.2, 0) is 14.3 Å². The van der Waals surface area contributed by atoms with E-state index in [4.69, 9.17) is 4.74 Å². The quantitative estimate of drug-likeness (QED) is 0.471. The second-order valence-corrected chi connectivity index (χ2v) is 3.97. The van der Waals surface area contributed by atoms with Gasteiger partial charge in [-0.05, 0) is 0 Å². The maximum Gasteiger partial charge on any atom is 0.264 e. The molecule has 1 fully saturated rings. The highest BCUT2D eigenvalue weighted by atomic mass is 32.2. The standard InChI is InChI=1S/C8H10N2O3S/c11-7-1-2-8(12)10(7)14-9-3-5-13-6-4-9/h1-2H,3-6H2. The Morgan fingerprint density at radius 3 is 2.29 bits per heavy atom. The van der Waals surface area contributed by atoms with Crippen LogP contribution in [0.25, 0.3) is 0 Å². The van der Waals surface area contributed by atoms with Crippen molar-refractivity contribution in [2.45, 2.75) is 0 Å². The lowest BCUT2D eigenvalue weighted by atomic mass is 10.5. The van der Waals surface area contributed by atoms with Gasteiger partial charge in [-0.3, -0.25) is 9.59 Å². The van der Waals surface area contributed by atoms with Gasteiger partial charge in [0.05, 0.1) is 25.3 Å². The fraction of sp³-hybridized carbons (Fsp3) is 0.500. The highest BCUT2D eigenvalue weighted by molar-refractivity contribution is 7.95. The monoisotopic (exact) mass is 214 g/mol. The van der Waals surface area contributed by atoms with Crippen molar-refractivity contribution >= 4 is 23.9 Å². The smallest absolute Gasteiger partial charge is 0.264 e. The number of morpholine rings is 1. The summed E-state index contributed by atoms with van der Waals surface area (Å²) in [6.45, 7) is 2.77. The van der Waals surface area contributed by atoms with Gasteiger partial charge in [-0.25, -0.2) is 8.61 Å². The summed E-state index contributed by atoms with van der Waals surface area (Å²) in [5.74, 6) is -0.516. The number of ether oxygens (including phenoxy) is 1. The zero-order chi connectivity index (χ0) is 9.97. The Morgan fingerprint density at radius 2 is 1.71 bits per heavy atom. The van der Waals surface area contributed by atoms with Gasteiger partial charge in [-0.15, -0.1) is 0 Å². The predicted molar refractivity (Wildman–Crippen MR) is 51.0 cm³/mol. The molecule has 2 rings (SSSR count). The Morgan fingerprint density at radius 1 is 1.14 bits per heavy atom. The molecule has 0 aromatic heterocycles. The number of hydrogen-bond donors (Lipinski definition) is 0. The van der Waals surface area contributed by atoms with E-state index >= 15 is 0 Å². The first kappa shape index (κ1) is 9.70. The van der Waals surface area contributed by atoms with E-state index in [9.17, 15) is 9.59 Å². The Hall–Kier alpha value is -0.850. The molecule has 6 heteroatoms. The normalized spacial score (nSPS) is 23.6. The van der Waals surface area contributed by atoms with Gasteiger partial charge in [0, 0.05) is 25.2 Å². The topological polar surface area (TPSA) is 49.9 Å². The van der Waals surface area contributed by atoms with Crippen LogP contribution in [0, 0.1) is 0 Å². The van der Waals surface area contributed by atoms with Gasteiger partial charge in [-0.2, -0.15) is 0 Å². The fourth-order valence-electron chi connectivity index (χ4n) is 1.21. The molecule has 0 aromatic carbocycles. The molecular formula is C8H10N2O3S. The number of amides is 2. The van der Waals surface area contributed by atoms with Gasteiger partial charge in [-0.1, -0.05) is 0 Å². The summed E-state index contributed by atoms with van der Waals surface area (Å²) in [5, 5.41) is 0. The van der Waals surface area contributed by atoms with Crippen molar-refractivity contribution in [2.75, 3.05) is 26.3 Å². The molecule has 2 aliphatic rings. The first-order valence-electron chi connectivity index (χ1n) is 4.34. The van der Waals surface area contributed by atoms with Gasteiger partial charge in [0.1, 0.15) is 0 Å². The lowest BCUT2D eigenvalue weighted by molar-refractivity contribution is -0.130. The van der Waals surface area contributed by atoms with Crippen LogP contribution in [0.2, 0.25) is 0 Å². The predicted octanol–water partition coefficient (Wildman–Crippen LogP) is -0.193. The molecular weight excluding hydrogens is 204 g/mol. The molecule has 0 saturated carbocycles. The summed E-state index contributed by atoms with van der Waals surface area (Å²) >= 11 is 1.17. The van der Waals surface area contributed by atoms with Crippen LogP contribution in [0.5, 0.6) is 0 Å². The van der Waals surface area contributed by atoms with Crippen molar-refractivity contribution in [2.24, 2.45) is 0 Å². The van der Waals surface area contributed by atoms with Gasteiger partial charge in [0.2, 0.25) is 0 Å². The molecule has 2 amide bonds. The second-order valence-electron chi connectivity index (χ2n) is 2.93. The number of nitrogens with zero attached hydrogens (tertiary/aromatic N) is 2. The molecule has 1 saturated heterocycles. The van der Waals surface area contributed by atoms with Crippen molar-refractivity contribution in [3.63, 3.8) is 0 Å². The molecule has 5 nitrogen and oxygen atoms in total. The number of rotatable bonds is 2. The molecule has 0 aromatic rings. The van der Waals surface area contributed by atoms with Crippen LogP contribution in [0.4, 0.5) is 0 Å². The third kappa shape index (κ3) is 1.97. The van der Waals surface area contributed by atoms with Crippen molar-refractivity contribution in [1.82, 2.24) is 8.61 Å². The lowest BCUT2D eigenvalue weighted by Gasteiger charge is -2.27. The first-order chi connectivity index (χ1) is 6.77. The fourth-order valence-corrected chi connectivity index (χ4v) is 2.04.